The van der Waals surface area contributed by atoms with Gasteiger partial charge in [0, 0.05) is 19.0 Å². The van der Waals surface area contributed by atoms with Crippen molar-refractivity contribution >= 4 is 5.78 Å². The zero-order chi connectivity index (χ0) is 13.0. The van der Waals surface area contributed by atoms with E-state index in [1.54, 1.807) is 6.92 Å². The Hall–Kier alpha value is -0.410. The Bertz CT molecular complexity index is 274. The van der Waals surface area contributed by atoms with E-state index in [0.717, 1.165) is 44.8 Å². The predicted octanol–water partition coefficient (Wildman–Crippen LogP) is 2.23. The van der Waals surface area contributed by atoms with Gasteiger partial charge in [-0.05, 0) is 38.6 Å². The smallest absolute Gasteiger partial charge is 0.134 e. The summed E-state index contributed by atoms with van der Waals surface area (Å²) in [6.07, 6.45) is 8.17. The summed E-state index contributed by atoms with van der Waals surface area (Å²) in [7, 11) is 0. The highest BCUT2D eigenvalue weighted by molar-refractivity contribution is 5.78. The molecule has 104 valence electrons. The Morgan fingerprint density at radius 1 is 1.28 bits per heavy atom. The minimum absolute atomic E-state index is 0.196. The van der Waals surface area contributed by atoms with Crippen LogP contribution in [0.25, 0.3) is 0 Å². The molecule has 1 saturated heterocycles. The zero-order valence-electron chi connectivity index (χ0n) is 11.6. The predicted molar refractivity (Wildman–Crippen MR) is 72.4 cm³/mol. The number of piperidine rings is 1. The van der Waals surface area contributed by atoms with Crippen LogP contribution < -0.4 is 0 Å². The molecular weight excluding hydrogens is 226 g/mol. The van der Waals surface area contributed by atoms with Crippen LogP contribution in [0.3, 0.4) is 0 Å². The fourth-order valence-electron chi connectivity index (χ4n) is 3.56. The largest absolute Gasteiger partial charge is 0.392 e. The molecule has 18 heavy (non-hydrogen) atoms. The molecule has 0 amide bonds. The summed E-state index contributed by atoms with van der Waals surface area (Å²) in [6.45, 7) is 4.37. The van der Waals surface area contributed by atoms with Crippen molar-refractivity contribution in [3.63, 3.8) is 0 Å². The first kappa shape index (κ1) is 14.0. The molecule has 1 aliphatic carbocycles. The van der Waals surface area contributed by atoms with Gasteiger partial charge in [-0.1, -0.05) is 25.7 Å². The minimum atomic E-state index is -0.196. The summed E-state index contributed by atoms with van der Waals surface area (Å²) < 4.78 is 0. The third kappa shape index (κ3) is 4.06. The molecule has 1 heterocycles. The lowest BCUT2D eigenvalue weighted by Gasteiger charge is -2.33. The van der Waals surface area contributed by atoms with Crippen molar-refractivity contribution in [2.75, 3.05) is 19.6 Å². The van der Waals surface area contributed by atoms with Gasteiger partial charge < -0.3 is 10.0 Å². The lowest BCUT2D eigenvalue weighted by molar-refractivity contribution is -0.122. The molecule has 2 aliphatic rings. The van der Waals surface area contributed by atoms with Gasteiger partial charge in [-0.3, -0.25) is 4.79 Å². The van der Waals surface area contributed by atoms with Crippen LogP contribution in [0.1, 0.15) is 51.9 Å². The second-order valence-corrected chi connectivity index (χ2v) is 6.25. The van der Waals surface area contributed by atoms with E-state index in [0.29, 0.717) is 5.78 Å². The topological polar surface area (TPSA) is 40.5 Å². The lowest BCUT2D eigenvalue weighted by atomic mass is 9.93. The SMILES string of the molecule is CC(=O)C1CCCN(CC(O)CC2CCCC2)C1. The van der Waals surface area contributed by atoms with Crippen LogP contribution in [0.2, 0.25) is 0 Å². The summed E-state index contributed by atoms with van der Waals surface area (Å²) in [5.74, 6) is 1.26. The molecule has 2 fully saturated rings. The van der Waals surface area contributed by atoms with Gasteiger partial charge in [0.1, 0.15) is 5.78 Å². The molecule has 0 aromatic heterocycles. The number of carbonyl (C=O) groups excluding carboxylic acids is 1. The van der Waals surface area contributed by atoms with E-state index in [-0.39, 0.29) is 12.0 Å². The number of hydrogen-bond donors (Lipinski definition) is 1. The maximum absolute atomic E-state index is 11.4. The summed E-state index contributed by atoms with van der Waals surface area (Å²) in [5.41, 5.74) is 0. The quantitative estimate of drug-likeness (QED) is 0.817. The van der Waals surface area contributed by atoms with Crippen LogP contribution in [0.4, 0.5) is 0 Å². The zero-order valence-corrected chi connectivity index (χ0v) is 11.6. The van der Waals surface area contributed by atoms with E-state index in [2.05, 4.69) is 4.90 Å². The fourth-order valence-corrected chi connectivity index (χ4v) is 3.56. The number of carbonyl (C=O) groups is 1. The summed E-state index contributed by atoms with van der Waals surface area (Å²) in [5, 5.41) is 10.2. The standard InChI is InChI=1S/C15H27NO2/c1-12(17)14-7-4-8-16(10-14)11-15(18)9-13-5-2-3-6-13/h13-15,18H,2-11H2,1H3. The fraction of sp³-hybridized carbons (Fsp3) is 0.933. The van der Waals surface area contributed by atoms with Gasteiger partial charge in [0.25, 0.3) is 0 Å². The maximum atomic E-state index is 11.4. The van der Waals surface area contributed by atoms with E-state index in [9.17, 15) is 9.90 Å². The molecule has 1 N–H and O–H groups in total. The highest BCUT2D eigenvalue weighted by Crippen LogP contribution is 2.29. The van der Waals surface area contributed by atoms with E-state index in [4.69, 9.17) is 0 Å². The van der Waals surface area contributed by atoms with E-state index in [1.165, 1.54) is 25.7 Å². The van der Waals surface area contributed by atoms with Gasteiger partial charge in [0.15, 0.2) is 0 Å². The van der Waals surface area contributed by atoms with Gasteiger partial charge in [-0.15, -0.1) is 0 Å². The third-order valence-electron chi connectivity index (χ3n) is 4.63. The Balaban J connectivity index is 1.72. The van der Waals surface area contributed by atoms with Crippen molar-refractivity contribution in [2.45, 2.75) is 58.0 Å². The van der Waals surface area contributed by atoms with Crippen molar-refractivity contribution < 1.29 is 9.90 Å². The van der Waals surface area contributed by atoms with Crippen molar-refractivity contribution in [1.82, 2.24) is 4.90 Å². The average Bonchev–Trinajstić information content (AvgIpc) is 2.82. The molecule has 3 heteroatoms. The maximum Gasteiger partial charge on any atom is 0.134 e. The first-order chi connectivity index (χ1) is 8.65. The van der Waals surface area contributed by atoms with Crippen LogP contribution in [0, 0.1) is 11.8 Å². The van der Waals surface area contributed by atoms with E-state index >= 15 is 0 Å². The van der Waals surface area contributed by atoms with Crippen LogP contribution in [0.5, 0.6) is 0 Å². The highest BCUT2D eigenvalue weighted by atomic mass is 16.3. The number of nitrogens with zero attached hydrogens (tertiary/aromatic N) is 1. The number of rotatable bonds is 5. The molecule has 0 bridgehead atoms. The minimum Gasteiger partial charge on any atom is -0.392 e. The molecule has 1 aliphatic heterocycles. The molecule has 0 aromatic rings. The summed E-state index contributed by atoms with van der Waals surface area (Å²) in [4.78, 5) is 13.7. The van der Waals surface area contributed by atoms with E-state index < -0.39 is 0 Å². The molecule has 2 atom stereocenters. The molecular formula is C15H27NO2. The van der Waals surface area contributed by atoms with Crippen molar-refractivity contribution in [3.8, 4) is 0 Å². The number of hydrogen-bond acceptors (Lipinski definition) is 3. The Labute approximate surface area is 111 Å². The Morgan fingerprint density at radius 2 is 2.00 bits per heavy atom. The lowest BCUT2D eigenvalue weighted by Crippen LogP contribution is -2.42. The monoisotopic (exact) mass is 253 g/mol. The van der Waals surface area contributed by atoms with Crippen molar-refractivity contribution in [2.24, 2.45) is 11.8 Å². The Kier molecular flexibility index (Phi) is 5.19. The van der Waals surface area contributed by atoms with Gasteiger partial charge >= 0.3 is 0 Å². The Morgan fingerprint density at radius 3 is 2.67 bits per heavy atom. The molecule has 0 aromatic carbocycles. The van der Waals surface area contributed by atoms with Crippen LogP contribution in [-0.4, -0.2) is 41.5 Å². The van der Waals surface area contributed by atoms with Crippen LogP contribution >= 0.6 is 0 Å². The number of likely N-dealkylation sites (tertiary alicyclic amines) is 1. The summed E-state index contributed by atoms with van der Waals surface area (Å²) >= 11 is 0. The first-order valence-corrected chi connectivity index (χ1v) is 7.56. The van der Waals surface area contributed by atoms with Crippen LogP contribution in [-0.2, 0) is 4.79 Å². The molecule has 0 spiro atoms. The van der Waals surface area contributed by atoms with E-state index in [1.807, 2.05) is 0 Å². The molecule has 2 unspecified atom stereocenters. The normalized spacial score (nSPS) is 28.4. The summed E-state index contributed by atoms with van der Waals surface area (Å²) in [6, 6.07) is 0. The van der Waals surface area contributed by atoms with Crippen molar-refractivity contribution in [3.05, 3.63) is 0 Å². The number of aliphatic hydroxyl groups excluding tert-OH is 1. The van der Waals surface area contributed by atoms with Gasteiger partial charge in [-0.2, -0.15) is 0 Å². The molecule has 1 saturated carbocycles. The number of β-amino-alcohol motifs (C(OH)–C–C–N with tert-alkyl or cyclic N) is 1. The number of aliphatic hydroxyl groups is 1. The number of Topliss-reactive ketones (excluding diaryl/α,β-unsaturated/α-hetero) is 1. The first-order valence-electron chi connectivity index (χ1n) is 7.56. The molecule has 3 nitrogen and oxygen atoms in total. The van der Waals surface area contributed by atoms with Gasteiger partial charge in [0.2, 0.25) is 0 Å². The average molecular weight is 253 g/mol. The second kappa shape index (κ2) is 6.67. The van der Waals surface area contributed by atoms with Gasteiger partial charge in [-0.25, -0.2) is 0 Å². The highest BCUT2D eigenvalue weighted by Gasteiger charge is 2.26. The number of ketones is 1. The second-order valence-electron chi connectivity index (χ2n) is 6.25. The van der Waals surface area contributed by atoms with Crippen molar-refractivity contribution in [1.29, 1.82) is 0 Å². The van der Waals surface area contributed by atoms with Crippen LogP contribution in [0.15, 0.2) is 0 Å². The van der Waals surface area contributed by atoms with Gasteiger partial charge in [0.05, 0.1) is 6.10 Å². The molecule has 2 rings (SSSR count). The third-order valence-corrected chi connectivity index (χ3v) is 4.63. The molecule has 0 radical (unpaired) electrons.